The van der Waals surface area contributed by atoms with Gasteiger partial charge in [0.15, 0.2) is 0 Å². The van der Waals surface area contributed by atoms with Crippen LogP contribution in [-0.4, -0.2) is 48.5 Å². The van der Waals surface area contributed by atoms with E-state index in [0.29, 0.717) is 6.54 Å². The van der Waals surface area contributed by atoms with E-state index in [0.717, 1.165) is 37.6 Å². The number of nitrogens with zero attached hydrogens (tertiary/aromatic N) is 3. The number of nitro groups is 1. The van der Waals surface area contributed by atoms with Gasteiger partial charge in [-0.15, -0.1) is 0 Å². The number of nitro benzene ring substituents is 1. The molecule has 138 valence electrons. The molecular weight excluding hydrogens is 336 g/mol. The minimum Gasteiger partial charge on any atom is -0.467 e. The topological polar surface area (TPSA) is 91.9 Å². The number of carbonyl (C=O) groups excluding carboxylic acids is 1. The molecule has 1 atom stereocenters. The van der Waals surface area contributed by atoms with Crippen molar-refractivity contribution < 1.29 is 14.1 Å². The molecule has 26 heavy (non-hydrogen) atoms. The van der Waals surface area contributed by atoms with Crippen molar-refractivity contribution in [3.8, 4) is 0 Å². The van der Waals surface area contributed by atoms with Gasteiger partial charge in [0.1, 0.15) is 5.76 Å². The summed E-state index contributed by atoms with van der Waals surface area (Å²) in [6.45, 7) is 5.32. The lowest BCUT2D eigenvalue weighted by Gasteiger charge is -2.35. The maximum Gasteiger partial charge on any atom is 0.269 e. The number of nitrogens with one attached hydrogen (secondary N) is 1. The second-order valence-electron chi connectivity index (χ2n) is 6.34. The number of benzene rings is 1. The molecule has 1 saturated heterocycles. The molecule has 1 aliphatic heterocycles. The van der Waals surface area contributed by atoms with E-state index >= 15 is 0 Å². The van der Waals surface area contributed by atoms with Crippen molar-refractivity contribution >= 4 is 17.3 Å². The Morgan fingerprint density at radius 2 is 1.92 bits per heavy atom. The van der Waals surface area contributed by atoms with Crippen molar-refractivity contribution in [3.05, 3.63) is 58.5 Å². The standard InChI is InChI=1S/C18H22N4O4/c1-14(17-3-2-12-26-17)19-18(23)13-20-8-10-21(11-9-20)15-4-6-16(7-5-15)22(24)25/h2-7,12,14H,8-11,13H2,1H3,(H,19,23)/t14-/m1/s1. The summed E-state index contributed by atoms with van der Waals surface area (Å²) in [7, 11) is 0. The molecule has 8 heteroatoms. The number of hydrogen-bond donors (Lipinski definition) is 1. The van der Waals surface area contributed by atoms with Crippen LogP contribution in [0, 0.1) is 10.1 Å². The van der Waals surface area contributed by atoms with Gasteiger partial charge in [0.25, 0.3) is 5.69 Å². The zero-order chi connectivity index (χ0) is 18.5. The fraction of sp³-hybridized carbons (Fsp3) is 0.389. The van der Waals surface area contributed by atoms with Crippen molar-refractivity contribution in [1.82, 2.24) is 10.2 Å². The Hall–Kier alpha value is -2.87. The van der Waals surface area contributed by atoms with Crippen molar-refractivity contribution in [2.24, 2.45) is 0 Å². The molecule has 8 nitrogen and oxygen atoms in total. The first kappa shape index (κ1) is 17.9. The molecule has 0 radical (unpaired) electrons. The lowest BCUT2D eigenvalue weighted by Crippen LogP contribution is -2.49. The van der Waals surface area contributed by atoms with Crippen LogP contribution in [0.3, 0.4) is 0 Å². The number of piperazine rings is 1. The fourth-order valence-corrected chi connectivity index (χ4v) is 3.05. The van der Waals surface area contributed by atoms with Crippen LogP contribution in [0.5, 0.6) is 0 Å². The lowest BCUT2D eigenvalue weighted by molar-refractivity contribution is -0.384. The minimum absolute atomic E-state index is 0.0299. The number of anilines is 1. The third-order valence-corrected chi connectivity index (χ3v) is 4.51. The molecule has 3 rings (SSSR count). The smallest absolute Gasteiger partial charge is 0.269 e. The first-order valence-electron chi connectivity index (χ1n) is 8.57. The van der Waals surface area contributed by atoms with Gasteiger partial charge >= 0.3 is 0 Å². The third-order valence-electron chi connectivity index (χ3n) is 4.51. The van der Waals surface area contributed by atoms with Gasteiger partial charge in [0.05, 0.1) is 23.8 Å². The van der Waals surface area contributed by atoms with Crippen LogP contribution in [-0.2, 0) is 4.79 Å². The van der Waals surface area contributed by atoms with Crippen LogP contribution >= 0.6 is 0 Å². The van der Waals surface area contributed by atoms with E-state index < -0.39 is 4.92 Å². The SMILES string of the molecule is C[C@@H](NC(=O)CN1CCN(c2ccc([N+](=O)[O-])cc2)CC1)c1ccco1. The summed E-state index contributed by atoms with van der Waals surface area (Å²) in [5.41, 5.74) is 1.06. The molecule has 0 saturated carbocycles. The Kier molecular flexibility index (Phi) is 5.52. The molecule has 2 heterocycles. The highest BCUT2D eigenvalue weighted by molar-refractivity contribution is 5.78. The van der Waals surface area contributed by atoms with Gasteiger partial charge in [0, 0.05) is 44.0 Å². The van der Waals surface area contributed by atoms with Gasteiger partial charge in [-0.05, 0) is 31.2 Å². The van der Waals surface area contributed by atoms with Crippen LogP contribution in [0.1, 0.15) is 18.7 Å². The van der Waals surface area contributed by atoms with Crippen molar-refractivity contribution in [3.63, 3.8) is 0 Å². The molecule has 0 unspecified atom stereocenters. The number of carbonyl (C=O) groups is 1. The Bertz CT molecular complexity index is 737. The summed E-state index contributed by atoms with van der Waals surface area (Å²) >= 11 is 0. The molecule has 1 fully saturated rings. The fourth-order valence-electron chi connectivity index (χ4n) is 3.05. The number of non-ortho nitro benzene ring substituents is 1. The predicted molar refractivity (Wildman–Crippen MR) is 97.0 cm³/mol. The van der Waals surface area contributed by atoms with E-state index in [4.69, 9.17) is 4.42 Å². The molecule has 1 aliphatic rings. The zero-order valence-electron chi connectivity index (χ0n) is 14.6. The van der Waals surface area contributed by atoms with Crippen molar-refractivity contribution in [1.29, 1.82) is 0 Å². The summed E-state index contributed by atoms with van der Waals surface area (Å²) < 4.78 is 5.30. The van der Waals surface area contributed by atoms with Crippen LogP contribution in [0.4, 0.5) is 11.4 Å². The zero-order valence-corrected chi connectivity index (χ0v) is 14.6. The number of rotatable bonds is 6. The normalized spacial score (nSPS) is 16.3. The van der Waals surface area contributed by atoms with Crippen LogP contribution < -0.4 is 10.2 Å². The maximum absolute atomic E-state index is 12.2. The Labute approximate surface area is 151 Å². The molecule has 1 aromatic carbocycles. The maximum atomic E-state index is 12.2. The minimum atomic E-state index is -0.399. The molecule has 1 amide bonds. The first-order chi connectivity index (χ1) is 12.5. The lowest BCUT2D eigenvalue weighted by atomic mass is 10.2. The van der Waals surface area contributed by atoms with E-state index in [2.05, 4.69) is 15.1 Å². The molecule has 0 aliphatic carbocycles. The highest BCUT2D eigenvalue weighted by Gasteiger charge is 2.21. The largest absolute Gasteiger partial charge is 0.467 e. The number of furan rings is 1. The molecule has 1 aromatic heterocycles. The van der Waals surface area contributed by atoms with Crippen molar-refractivity contribution in [2.45, 2.75) is 13.0 Å². The number of hydrogen-bond acceptors (Lipinski definition) is 6. The highest BCUT2D eigenvalue weighted by atomic mass is 16.6. The molecule has 2 aromatic rings. The Balaban J connectivity index is 1.46. The van der Waals surface area contributed by atoms with E-state index in [1.54, 1.807) is 24.5 Å². The Morgan fingerprint density at radius 1 is 1.23 bits per heavy atom. The van der Waals surface area contributed by atoms with E-state index in [1.165, 1.54) is 12.1 Å². The van der Waals surface area contributed by atoms with Crippen molar-refractivity contribution in [2.75, 3.05) is 37.6 Å². The summed E-state index contributed by atoms with van der Waals surface area (Å²) in [6.07, 6.45) is 1.59. The molecule has 0 bridgehead atoms. The van der Waals surface area contributed by atoms with Crippen LogP contribution in [0.25, 0.3) is 0 Å². The predicted octanol–water partition coefficient (Wildman–Crippen LogP) is 2.19. The van der Waals surface area contributed by atoms with Gasteiger partial charge in [-0.2, -0.15) is 0 Å². The van der Waals surface area contributed by atoms with Gasteiger partial charge in [0.2, 0.25) is 5.91 Å². The highest BCUT2D eigenvalue weighted by Crippen LogP contribution is 2.20. The van der Waals surface area contributed by atoms with Gasteiger partial charge in [-0.3, -0.25) is 19.8 Å². The van der Waals surface area contributed by atoms with E-state index in [1.807, 2.05) is 13.0 Å². The van der Waals surface area contributed by atoms with E-state index in [-0.39, 0.29) is 17.6 Å². The summed E-state index contributed by atoms with van der Waals surface area (Å²) in [6, 6.07) is 10.1. The average molecular weight is 358 g/mol. The summed E-state index contributed by atoms with van der Waals surface area (Å²) in [5.74, 6) is 0.707. The van der Waals surface area contributed by atoms with Gasteiger partial charge < -0.3 is 14.6 Å². The summed E-state index contributed by atoms with van der Waals surface area (Å²) in [4.78, 5) is 26.8. The molecule has 0 spiro atoms. The summed E-state index contributed by atoms with van der Waals surface area (Å²) in [5, 5.41) is 13.7. The van der Waals surface area contributed by atoms with Gasteiger partial charge in [-0.1, -0.05) is 0 Å². The van der Waals surface area contributed by atoms with E-state index in [9.17, 15) is 14.9 Å². The van der Waals surface area contributed by atoms with Crippen LogP contribution in [0.2, 0.25) is 0 Å². The van der Waals surface area contributed by atoms with Crippen LogP contribution in [0.15, 0.2) is 47.1 Å². The first-order valence-corrected chi connectivity index (χ1v) is 8.57. The molecule has 1 N–H and O–H groups in total. The molecular formula is C18H22N4O4. The average Bonchev–Trinajstić information content (AvgIpc) is 3.17. The Morgan fingerprint density at radius 3 is 2.50 bits per heavy atom. The second kappa shape index (κ2) is 8.01. The quantitative estimate of drug-likeness (QED) is 0.629. The third kappa shape index (κ3) is 4.40. The monoisotopic (exact) mass is 358 g/mol. The van der Waals surface area contributed by atoms with Gasteiger partial charge in [-0.25, -0.2) is 0 Å². The second-order valence-corrected chi connectivity index (χ2v) is 6.34. The number of amides is 1.